The van der Waals surface area contributed by atoms with Crippen molar-refractivity contribution in [3.63, 3.8) is 0 Å². The Morgan fingerprint density at radius 3 is 2.46 bits per heavy atom. The molecule has 1 saturated carbocycles. The fourth-order valence-corrected chi connectivity index (χ4v) is 3.49. The summed E-state index contributed by atoms with van der Waals surface area (Å²) in [6.07, 6.45) is 3.95. The van der Waals surface area contributed by atoms with E-state index in [4.69, 9.17) is 4.74 Å². The number of benzene rings is 1. The highest BCUT2D eigenvalue weighted by molar-refractivity contribution is 5.88. The van der Waals surface area contributed by atoms with Crippen LogP contribution in [0.25, 0.3) is 0 Å². The monoisotopic (exact) mass is 330 g/mol. The zero-order valence-corrected chi connectivity index (χ0v) is 15.0. The minimum absolute atomic E-state index is 0.217. The van der Waals surface area contributed by atoms with Crippen molar-refractivity contribution in [2.45, 2.75) is 57.7 Å². The average molecular weight is 330 g/mol. The van der Waals surface area contributed by atoms with E-state index in [1.54, 1.807) is 0 Å². The second-order valence-corrected chi connectivity index (χ2v) is 7.40. The van der Waals surface area contributed by atoms with Crippen LogP contribution < -0.4 is 0 Å². The first-order valence-corrected chi connectivity index (χ1v) is 9.32. The summed E-state index contributed by atoms with van der Waals surface area (Å²) in [5.41, 5.74) is 0.834. The summed E-state index contributed by atoms with van der Waals surface area (Å²) in [6.45, 7) is 8.62. The molecule has 1 aliphatic carbocycles. The maximum Gasteiger partial charge on any atom is 0.255 e. The molecule has 2 aliphatic rings. The lowest BCUT2D eigenvalue weighted by Crippen LogP contribution is -2.46. The van der Waals surface area contributed by atoms with Crippen molar-refractivity contribution in [2.75, 3.05) is 26.2 Å². The van der Waals surface area contributed by atoms with Crippen molar-refractivity contribution in [3.8, 4) is 0 Å². The van der Waals surface area contributed by atoms with Crippen LogP contribution in [0.5, 0.6) is 0 Å². The van der Waals surface area contributed by atoms with Gasteiger partial charge in [-0.1, -0.05) is 30.3 Å². The van der Waals surface area contributed by atoms with E-state index >= 15 is 0 Å². The second-order valence-electron chi connectivity index (χ2n) is 7.40. The van der Waals surface area contributed by atoms with Gasteiger partial charge in [-0.2, -0.15) is 0 Å². The summed E-state index contributed by atoms with van der Waals surface area (Å²) < 4.78 is 6.10. The molecule has 1 saturated heterocycles. The number of hydrogen-bond donors (Lipinski definition) is 0. The van der Waals surface area contributed by atoms with Crippen molar-refractivity contribution < 1.29 is 9.53 Å². The number of amides is 1. The van der Waals surface area contributed by atoms with Gasteiger partial charge in [-0.05, 0) is 51.6 Å². The summed E-state index contributed by atoms with van der Waals surface area (Å²) in [4.78, 5) is 17.3. The largest absolute Gasteiger partial charge is 0.364 e. The molecule has 0 radical (unpaired) electrons. The zero-order valence-electron chi connectivity index (χ0n) is 15.0. The molecule has 1 aromatic carbocycles. The SMILES string of the molecule is CC(C)N1CCCCN(Cc2ccccc2)CCOC2(CC2)C1=O. The lowest BCUT2D eigenvalue weighted by Gasteiger charge is -2.30. The number of ether oxygens (including phenoxy) is 1. The molecule has 1 spiro atoms. The highest BCUT2D eigenvalue weighted by atomic mass is 16.5. The number of carbonyl (C=O) groups excluding carboxylic acids is 1. The van der Waals surface area contributed by atoms with Crippen molar-refractivity contribution in [2.24, 2.45) is 0 Å². The summed E-state index contributed by atoms with van der Waals surface area (Å²) in [6, 6.07) is 10.9. The topological polar surface area (TPSA) is 32.8 Å². The first kappa shape index (κ1) is 17.4. The van der Waals surface area contributed by atoms with E-state index in [9.17, 15) is 4.79 Å². The molecule has 4 heteroatoms. The smallest absolute Gasteiger partial charge is 0.255 e. The molecule has 24 heavy (non-hydrogen) atoms. The fourth-order valence-electron chi connectivity index (χ4n) is 3.49. The summed E-state index contributed by atoms with van der Waals surface area (Å²) >= 11 is 0. The Morgan fingerprint density at radius 1 is 1.08 bits per heavy atom. The van der Waals surface area contributed by atoms with Crippen molar-refractivity contribution >= 4 is 5.91 Å². The Morgan fingerprint density at radius 2 is 1.79 bits per heavy atom. The minimum atomic E-state index is -0.507. The molecule has 132 valence electrons. The van der Waals surface area contributed by atoms with Crippen LogP contribution in [0, 0.1) is 0 Å². The van der Waals surface area contributed by atoms with Gasteiger partial charge in [0, 0.05) is 25.7 Å². The average Bonchev–Trinajstić information content (AvgIpc) is 3.35. The molecular weight excluding hydrogens is 300 g/mol. The van der Waals surface area contributed by atoms with Gasteiger partial charge in [-0.15, -0.1) is 0 Å². The molecule has 4 nitrogen and oxygen atoms in total. The fraction of sp³-hybridized carbons (Fsp3) is 0.650. The predicted molar refractivity (Wildman–Crippen MR) is 95.7 cm³/mol. The normalized spacial score (nSPS) is 22.6. The Hall–Kier alpha value is -1.39. The van der Waals surface area contributed by atoms with Gasteiger partial charge >= 0.3 is 0 Å². The van der Waals surface area contributed by atoms with E-state index in [2.05, 4.69) is 49.1 Å². The van der Waals surface area contributed by atoms with E-state index < -0.39 is 5.60 Å². The Bertz CT molecular complexity index is 540. The van der Waals surface area contributed by atoms with Crippen LogP contribution in [0.1, 0.15) is 45.1 Å². The molecule has 3 rings (SSSR count). The van der Waals surface area contributed by atoms with Crippen LogP contribution in [0.3, 0.4) is 0 Å². The molecule has 0 atom stereocenters. The van der Waals surface area contributed by atoms with E-state index in [0.717, 1.165) is 51.9 Å². The van der Waals surface area contributed by atoms with Crippen LogP contribution in [0.15, 0.2) is 30.3 Å². The lowest BCUT2D eigenvalue weighted by molar-refractivity contribution is -0.148. The molecule has 1 heterocycles. The van der Waals surface area contributed by atoms with Crippen LogP contribution in [0.2, 0.25) is 0 Å². The first-order valence-electron chi connectivity index (χ1n) is 9.32. The van der Waals surface area contributed by atoms with E-state index in [0.29, 0.717) is 6.61 Å². The third kappa shape index (κ3) is 4.17. The van der Waals surface area contributed by atoms with Crippen LogP contribution in [-0.2, 0) is 16.1 Å². The van der Waals surface area contributed by atoms with Crippen molar-refractivity contribution in [3.05, 3.63) is 35.9 Å². The van der Waals surface area contributed by atoms with Gasteiger partial charge in [0.1, 0.15) is 5.60 Å². The predicted octanol–water partition coefficient (Wildman–Crippen LogP) is 3.07. The molecule has 2 fully saturated rings. The maximum absolute atomic E-state index is 12.9. The highest BCUT2D eigenvalue weighted by Crippen LogP contribution is 2.41. The number of carbonyl (C=O) groups is 1. The number of rotatable bonds is 3. The lowest BCUT2D eigenvalue weighted by atomic mass is 10.2. The number of hydrogen-bond acceptors (Lipinski definition) is 3. The molecular formula is C20H30N2O2. The van der Waals surface area contributed by atoms with Crippen LogP contribution in [-0.4, -0.2) is 53.6 Å². The van der Waals surface area contributed by atoms with Gasteiger partial charge in [0.2, 0.25) is 0 Å². The summed E-state index contributed by atoms with van der Waals surface area (Å²) in [7, 11) is 0. The molecule has 0 N–H and O–H groups in total. The van der Waals surface area contributed by atoms with Gasteiger partial charge in [-0.3, -0.25) is 9.69 Å². The zero-order chi connectivity index (χ0) is 17.0. The van der Waals surface area contributed by atoms with E-state index in [1.807, 2.05) is 4.90 Å². The van der Waals surface area contributed by atoms with Gasteiger partial charge in [0.05, 0.1) is 6.61 Å². The Kier molecular flexibility index (Phi) is 5.57. The number of nitrogens with zero attached hydrogens (tertiary/aromatic N) is 2. The van der Waals surface area contributed by atoms with Crippen molar-refractivity contribution in [1.82, 2.24) is 9.80 Å². The summed E-state index contributed by atoms with van der Waals surface area (Å²) in [5.74, 6) is 0.217. The minimum Gasteiger partial charge on any atom is -0.364 e. The maximum atomic E-state index is 12.9. The third-order valence-electron chi connectivity index (χ3n) is 5.14. The van der Waals surface area contributed by atoms with Gasteiger partial charge in [0.15, 0.2) is 0 Å². The van der Waals surface area contributed by atoms with Crippen LogP contribution >= 0.6 is 0 Å². The molecule has 0 unspecified atom stereocenters. The first-order chi connectivity index (χ1) is 11.6. The Balaban J connectivity index is 1.65. The molecule has 1 amide bonds. The van der Waals surface area contributed by atoms with E-state index in [1.165, 1.54) is 5.56 Å². The molecule has 0 bridgehead atoms. The van der Waals surface area contributed by atoms with E-state index in [-0.39, 0.29) is 11.9 Å². The molecule has 1 aliphatic heterocycles. The van der Waals surface area contributed by atoms with Gasteiger partial charge in [-0.25, -0.2) is 0 Å². The van der Waals surface area contributed by atoms with Crippen molar-refractivity contribution in [1.29, 1.82) is 0 Å². The quantitative estimate of drug-likeness (QED) is 0.854. The van der Waals surface area contributed by atoms with Gasteiger partial charge in [0.25, 0.3) is 5.91 Å². The standard InChI is InChI=1S/C20H30N2O2/c1-17(2)22-13-7-6-12-21(16-18-8-4-3-5-9-18)14-15-24-20(10-11-20)19(22)23/h3-5,8-9,17H,6-7,10-16H2,1-2H3. The molecule has 1 aromatic rings. The summed E-state index contributed by atoms with van der Waals surface area (Å²) in [5, 5.41) is 0. The Labute approximate surface area is 145 Å². The second kappa shape index (κ2) is 7.66. The van der Waals surface area contributed by atoms with Gasteiger partial charge < -0.3 is 9.64 Å². The third-order valence-corrected chi connectivity index (χ3v) is 5.14. The molecule has 0 aromatic heterocycles. The van der Waals surface area contributed by atoms with Crippen LogP contribution in [0.4, 0.5) is 0 Å². The highest BCUT2D eigenvalue weighted by Gasteiger charge is 2.53.